The van der Waals surface area contributed by atoms with Crippen LogP contribution in [0.2, 0.25) is 0 Å². The van der Waals surface area contributed by atoms with Gasteiger partial charge in [0.05, 0.1) is 20.2 Å². The molecule has 0 atom stereocenters. The quantitative estimate of drug-likeness (QED) is 0.767. The maximum atomic E-state index is 12.9. The number of methoxy groups -OCH3 is 1. The molecule has 0 aliphatic carbocycles. The Bertz CT molecular complexity index is 843. The number of fused-ring (bicyclic) bond motifs is 2. The number of nitrogens with zero attached hydrogens (tertiary/aromatic N) is 3. The molecular weight excluding hydrogens is 398 g/mol. The second kappa shape index (κ2) is 7.15. The molecule has 1 aromatic carbocycles. The van der Waals surface area contributed by atoms with Gasteiger partial charge in [-0.25, -0.2) is 4.98 Å². The molecule has 0 spiro atoms. The van der Waals surface area contributed by atoms with Gasteiger partial charge in [0.25, 0.3) is 0 Å². The van der Waals surface area contributed by atoms with E-state index in [4.69, 9.17) is 9.47 Å². The third-order valence-corrected chi connectivity index (χ3v) is 5.26. The van der Waals surface area contributed by atoms with Gasteiger partial charge in [0.2, 0.25) is 5.91 Å². The van der Waals surface area contributed by atoms with Crippen LogP contribution >= 0.6 is 15.9 Å². The normalized spacial score (nSPS) is 15.8. The summed E-state index contributed by atoms with van der Waals surface area (Å²) in [5.41, 5.74) is 2.45. The van der Waals surface area contributed by atoms with Crippen LogP contribution < -0.4 is 14.4 Å². The van der Waals surface area contributed by atoms with Crippen molar-refractivity contribution in [3.8, 4) is 11.5 Å². The van der Waals surface area contributed by atoms with Crippen LogP contribution in [-0.4, -0.2) is 49.1 Å². The van der Waals surface area contributed by atoms with Crippen LogP contribution in [0.1, 0.15) is 11.1 Å². The molecule has 0 radical (unpaired) electrons. The highest BCUT2D eigenvalue weighted by Gasteiger charge is 2.26. The first-order valence-corrected chi connectivity index (χ1v) is 9.40. The van der Waals surface area contributed by atoms with Crippen LogP contribution in [-0.2, 0) is 17.8 Å². The van der Waals surface area contributed by atoms with E-state index in [0.29, 0.717) is 32.0 Å². The smallest absolute Gasteiger partial charge is 0.242 e. The van der Waals surface area contributed by atoms with Crippen molar-refractivity contribution < 1.29 is 14.3 Å². The van der Waals surface area contributed by atoms with Crippen molar-refractivity contribution >= 4 is 27.7 Å². The zero-order chi connectivity index (χ0) is 18.1. The van der Waals surface area contributed by atoms with E-state index in [0.717, 1.165) is 34.6 Å². The Labute approximate surface area is 160 Å². The number of halogens is 1. The Balaban J connectivity index is 1.48. The van der Waals surface area contributed by atoms with Gasteiger partial charge in [-0.3, -0.25) is 4.79 Å². The largest absolute Gasteiger partial charge is 0.497 e. The molecule has 136 valence electrons. The number of ether oxygens (including phenoxy) is 2. The zero-order valence-electron chi connectivity index (χ0n) is 14.6. The number of carbonyl (C=O) groups is 1. The van der Waals surface area contributed by atoms with E-state index in [1.807, 2.05) is 28.0 Å². The minimum Gasteiger partial charge on any atom is -0.497 e. The number of pyridine rings is 1. The Morgan fingerprint density at radius 3 is 3.04 bits per heavy atom. The fraction of sp³-hybridized carbons (Fsp3) is 0.368. The second-order valence-corrected chi connectivity index (χ2v) is 7.36. The van der Waals surface area contributed by atoms with Crippen molar-refractivity contribution in [3.05, 3.63) is 46.1 Å². The van der Waals surface area contributed by atoms with Gasteiger partial charge in [0.15, 0.2) is 11.6 Å². The number of amides is 1. The molecule has 1 amide bonds. The highest BCUT2D eigenvalue weighted by molar-refractivity contribution is 9.10. The topological polar surface area (TPSA) is 54.9 Å². The van der Waals surface area contributed by atoms with E-state index >= 15 is 0 Å². The van der Waals surface area contributed by atoms with Crippen LogP contribution in [0.4, 0.5) is 5.82 Å². The fourth-order valence-corrected chi connectivity index (χ4v) is 3.73. The maximum absolute atomic E-state index is 12.9. The van der Waals surface area contributed by atoms with Gasteiger partial charge >= 0.3 is 0 Å². The number of aromatic nitrogens is 1. The summed E-state index contributed by atoms with van der Waals surface area (Å²) >= 11 is 3.40. The Kier molecular flexibility index (Phi) is 4.72. The highest BCUT2D eigenvalue weighted by Crippen LogP contribution is 2.31. The Morgan fingerprint density at radius 2 is 2.19 bits per heavy atom. The van der Waals surface area contributed by atoms with Gasteiger partial charge < -0.3 is 19.3 Å². The number of benzene rings is 1. The molecule has 26 heavy (non-hydrogen) atoms. The predicted molar refractivity (Wildman–Crippen MR) is 102 cm³/mol. The minimum absolute atomic E-state index is 0.107. The van der Waals surface area contributed by atoms with Crippen molar-refractivity contribution in [1.29, 1.82) is 0 Å². The average molecular weight is 418 g/mol. The lowest BCUT2D eigenvalue weighted by Crippen LogP contribution is -2.45. The molecule has 0 saturated carbocycles. The molecule has 2 aromatic rings. The van der Waals surface area contributed by atoms with Gasteiger partial charge in [-0.1, -0.05) is 6.07 Å². The molecule has 0 fully saturated rings. The van der Waals surface area contributed by atoms with E-state index in [2.05, 4.69) is 27.0 Å². The summed E-state index contributed by atoms with van der Waals surface area (Å²) in [4.78, 5) is 21.2. The Morgan fingerprint density at radius 1 is 1.31 bits per heavy atom. The lowest BCUT2D eigenvalue weighted by molar-refractivity contribution is -0.130. The van der Waals surface area contributed by atoms with Gasteiger partial charge in [-0.15, -0.1) is 0 Å². The molecule has 7 heteroatoms. The minimum atomic E-state index is 0.107. The second-order valence-electron chi connectivity index (χ2n) is 6.45. The van der Waals surface area contributed by atoms with Crippen molar-refractivity contribution in [2.75, 3.05) is 38.3 Å². The monoisotopic (exact) mass is 417 g/mol. The molecular formula is C19H20BrN3O3. The summed E-state index contributed by atoms with van der Waals surface area (Å²) in [6, 6.07) is 7.99. The number of hydrogen-bond acceptors (Lipinski definition) is 5. The third-order valence-electron chi connectivity index (χ3n) is 4.82. The summed E-state index contributed by atoms with van der Waals surface area (Å²) in [5.74, 6) is 2.38. The summed E-state index contributed by atoms with van der Waals surface area (Å²) in [6.45, 7) is 2.88. The molecule has 0 saturated heterocycles. The third kappa shape index (κ3) is 3.35. The van der Waals surface area contributed by atoms with E-state index < -0.39 is 0 Å². The summed E-state index contributed by atoms with van der Waals surface area (Å²) < 4.78 is 11.8. The number of carbonyl (C=O) groups excluding carboxylic acids is 1. The summed E-state index contributed by atoms with van der Waals surface area (Å²) in [5, 5.41) is 0. The first kappa shape index (κ1) is 17.1. The van der Waals surface area contributed by atoms with E-state index in [9.17, 15) is 4.79 Å². The number of rotatable bonds is 3. The standard InChI is InChI=1S/C19H20BrN3O3/c1-25-16-3-2-13-4-5-22(11-14(13)8-16)18(24)12-23-6-7-26-17-9-15(20)10-21-19(17)23/h2-3,8-10H,4-7,11-12H2,1H3. The Hall–Kier alpha value is -2.28. The van der Waals surface area contributed by atoms with Gasteiger partial charge in [-0.05, 0) is 51.7 Å². The fourth-order valence-electron chi connectivity index (χ4n) is 3.42. The lowest BCUT2D eigenvalue weighted by Gasteiger charge is -2.34. The van der Waals surface area contributed by atoms with Crippen molar-refractivity contribution in [2.24, 2.45) is 0 Å². The van der Waals surface area contributed by atoms with Crippen LogP contribution in [0.5, 0.6) is 11.5 Å². The number of hydrogen-bond donors (Lipinski definition) is 0. The SMILES string of the molecule is COc1ccc2c(c1)CN(C(=O)CN1CCOc3cc(Br)cnc31)CC2. The zero-order valence-corrected chi connectivity index (χ0v) is 16.2. The van der Waals surface area contributed by atoms with E-state index in [1.165, 1.54) is 5.56 Å². The first-order valence-electron chi connectivity index (χ1n) is 8.61. The molecule has 0 bridgehead atoms. The van der Waals surface area contributed by atoms with Gasteiger partial charge in [0, 0.05) is 23.8 Å². The number of anilines is 1. The molecule has 1 aromatic heterocycles. The van der Waals surface area contributed by atoms with Crippen LogP contribution in [0.15, 0.2) is 34.9 Å². The van der Waals surface area contributed by atoms with Crippen LogP contribution in [0.25, 0.3) is 0 Å². The van der Waals surface area contributed by atoms with E-state index in [-0.39, 0.29) is 5.91 Å². The van der Waals surface area contributed by atoms with Gasteiger partial charge in [0.1, 0.15) is 12.4 Å². The molecule has 6 nitrogen and oxygen atoms in total. The summed E-state index contributed by atoms with van der Waals surface area (Å²) in [6.07, 6.45) is 2.60. The van der Waals surface area contributed by atoms with Crippen molar-refractivity contribution in [2.45, 2.75) is 13.0 Å². The van der Waals surface area contributed by atoms with E-state index in [1.54, 1.807) is 13.3 Å². The molecule has 0 unspecified atom stereocenters. The summed E-state index contributed by atoms with van der Waals surface area (Å²) in [7, 11) is 1.66. The maximum Gasteiger partial charge on any atom is 0.242 e. The van der Waals surface area contributed by atoms with Crippen LogP contribution in [0, 0.1) is 0 Å². The lowest BCUT2D eigenvalue weighted by atomic mass is 9.99. The predicted octanol–water partition coefficient (Wildman–Crippen LogP) is 2.64. The molecule has 2 aliphatic rings. The molecule has 0 N–H and O–H groups in total. The van der Waals surface area contributed by atoms with Crippen molar-refractivity contribution in [3.63, 3.8) is 0 Å². The van der Waals surface area contributed by atoms with Gasteiger partial charge in [-0.2, -0.15) is 0 Å². The first-order chi connectivity index (χ1) is 12.6. The molecule has 4 rings (SSSR count). The molecule has 2 aliphatic heterocycles. The highest BCUT2D eigenvalue weighted by atomic mass is 79.9. The van der Waals surface area contributed by atoms with Crippen LogP contribution in [0.3, 0.4) is 0 Å². The molecule has 3 heterocycles. The van der Waals surface area contributed by atoms with Crippen molar-refractivity contribution in [1.82, 2.24) is 9.88 Å². The average Bonchev–Trinajstić information content (AvgIpc) is 2.67.